The summed E-state index contributed by atoms with van der Waals surface area (Å²) in [6.07, 6.45) is 3.53. The summed E-state index contributed by atoms with van der Waals surface area (Å²) in [5, 5.41) is 2.85. The smallest absolute Gasteiger partial charge is 0.291 e. The minimum atomic E-state index is -0.245. The third-order valence-electron chi connectivity index (χ3n) is 3.42. The summed E-state index contributed by atoms with van der Waals surface area (Å²) >= 11 is 3.26. The number of aryl methyl sites for hydroxylation is 2. The van der Waals surface area contributed by atoms with Crippen LogP contribution in [-0.2, 0) is 7.05 Å². The van der Waals surface area contributed by atoms with E-state index in [-0.39, 0.29) is 5.91 Å². The topological polar surface area (TPSA) is 59.8 Å². The second-order valence-corrected chi connectivity index (χ2v) is 6.03. The summed E-state index contributed by atoms with van der Waals surface area (Å²) in [6, 6.07) is 11.7. The van der Waals surface area contributed by atoms with Gasteiger partial charge in [-0.05, 0) is 58.2 Å². The van der Waals surface area contributed by atoms with E-state index in [1.165, 1.54) is 0 Å². The zero-order valence-corrected chi connectivity index (χ0v) is 14.3. The van der Waals surface area contributed by atoms with Gasteiger partial charge in [0.05, 0.1) is 0 Å². The Hall–Kier alpha value is -2.47. The second kappa shape index (κ2) is 6.34. The molecule has 2 heterocycles. The zero-order chi connectivity index (χ0) is 16.4. The summed E-state index contributed by atoms with van der Waals surface area (Å²) in [7, 11) is 1.78. The molecule has 0 saturated heterocycles. The number of imidazole rings is 1. The van der Waals surface area contributed by atoms with Crippen molar-refractivity contribution < 1.29 is 4.79 Å². The molecule has 0 fully saturated rings. The first-order valence-electron chi connectivity index (χ1n) is 7.06. The van der Waals surface area contributed by atoms with E-state index in [9.17, 15) is 4.79 Å². The van der Waals surface area contributed by atoms with Gasteiger partial charge in [0, 0.05) is 30.8 Å². The van der Waals surface area contributed by atoms with Crippen LogP contribution in [0.2, 0.25) is 0 Å². The number of hydrogen-bond donors (Lipinski definition) is 1. The number of aromatic nitrogens is 3. The van der Waals surface area contributed by atoms with E-state index in [1.54, 1.807) is 24.0 Å². The number of carbonyl (C=O) groups excluding carboxylic acids is 1. The van der Waals surface area contributed by atoms with E-state index in [2.05, 4.69) is 31.2 Å². The van der Waals surface area contributed by atoms with Crippen LogP contribution in [0.1, 0.15) is 16.3 Å². The first-order chi connectivity index (χ1) is 11.0. The Kier molecular flexibility index (Phi) is 4.25. The third-order valence-corrected chi connectivity index (χ3v) is 3.80. The van der Waals surface area contributed by atoms with Crippen LogP contribution in [0.5, 0.6) is 0 Å². The van der Waals surface area contributed by atoms with Crippen molar-refractivity contribution in [2.75, 3.05) is 5.32 Å². The zero-order valence-electron chi connectivity index (χ0n) is 12.7. The predicted molar refractivity (Wildman–Crippen MR) is 93.3 cm³/mol. The van der Waals surface area contributed by atoms with E-state index in [0.717, 1.165) is 22.5 Å². The molecule has 0 saturated carbocycles. The van der Waals surface area contributed by atoms with E-state index < -0.39 is 0 Å². The summed E-state index contributed by atoms with van der Waals surface area (Å²) in [6.45, 7) is 1.96. The van der Waals surface area contributed by atoms with Crippen LogP contribution in [0.25, 0.3) is 11.1 Å². The molecule has 0 atom stereocenters. The van der Waals surface area contributed by atoms with Crippen molar-refractivity contribution in [2.45, 2.75) is 6.92 Å². The van der Waals surface area contributed by atoms with Crippen molar-refractivity contribution in [2.24, 2.45) is 7.05 Å². The number of pyridine rings is 1. The van der Waals surface area contributed by atoms with E-state index in [0.29, 0.717) is 10.4 Å². The Labute approximate surface area is 142 Å². The Morgan fingerprint density at radius 1 is 1.17 bits per heavy atom. The number of hydrogen-bond acceptors (Lipinski definition) is 3. The van der Waals surface area contributed by atoms with Crippen molar-refractivity contribution in [3.63, 3.8) is 0 Å². The molecule has 0 bridgehead atoms. The molecule has 0 aliphatic heterocycles. The lowest BCUT2D eigenvalue weighted by molar-refractivity contribution is 0.101. The third kappa shape index (κ3) is 3.48. The molecule has 1 amide bonds. The van der Waals surface area contributed by atoms with Crippen molar-refractivity contribution in [1.82, 2.24) is 14.5 Å². The Morgan fingerprint density at radius 3 is 2.52 bits per heavy atom. The molecule has 0 aliphatic carbocycles. The molecule has 0 radical (unpaired) electrons. The van der Waals surface area contributed by atoms with Gasteiger partial charge in [0.15, 0.2) is 5.82 Å². The molecule has 0 aliphatic rings. The minimum Gasteiger partial charge on any atom is -0.329 e. The molecule has 1 aromatic carbocycles. The number of rotatable bonds is 3. The van der Waals surface area contributed by atoms with Crippen molar-refractivity contribution in [3.8, 4) is 11.1 Å². The monoisotopic (exact) mass is 370 g/mol. The van der Waals surface area contributed by atoms with Crippen LogP contribution in [0, 0.1) is 6.92 Å². The lowest BCUT2D eigenvalue weighted by atomic mass is 10.1. The first kappa shape index (κ1) is 15.4. The minimum absolute atomic E-state index is 0.245. The van der Waals surface area contributed by atoms with Gasteiger partial charge >= 0.3 is 0 Å². The predicted octanol–water partition coefficient (Wildman–Crippen LogP) is 3.81. The van der Waals surface area contributed by atoms with Crippen LogP contribution in [0.4, 0.5) is 5.69 Å². The highest BCUT2D eigenvalue weighted by atomic mass is 79.9. The molecule has 0 unspecified atom stereocenters. The van der Waals surface area contributed by atoms with Gasteiger partial charge in [-0.25, -0.2) is 4.98 Å². The molecule has 3 rings (SSSR count). The number of benzene rings is 1. The van der Waals surface area contributed by atoms with Gasteiger partial charge in [0.1, 0.15) is 4.60 Å². The molecule has 0 spiro atoms. The highest BCUT2D eigenvalue weighted by Crippen LogP contribution is 2.22. The maximum absolute atomic E-state index is 12.2. The highest BCUT2D eigenvalue weighted by Gasteiger charge is 2.13. The fourth-order valence-corrected chi connectivity index (χ4v) is 2.77. The van der Waals surface area contributed by atoms with Gasteiger partial charge in [-0.3, -0.25) is 9.78 Å². The normalized spacial score (nSPS) is 10.6. The number of amides is 1. The number of halogens is 1. The molecule has 3 aromatic rings. The maximum atomic E-state index is 12.2. The largest absolute Gasteiger partial charge is 0.329 e. The fourth-order valence-electron chi connectivity index (χ4n) is 2.30. The van der Waals surface area contributed by atoms with Crippen LogP contribution < -0.4 is 5.32 Å². The van der Waals surface area contributed by atoms with E-state index in [4.69, 9.17) is 0 Å². The number of nitrogens with zero attached hydrogens (tertiary/aromatic N) is 3. The highest BCUT2D eigenvalue weighted by molar-refractivity contribution is 9.10. The average molecular weight is 371 g/mol. The van der Waals surface area contributed by atoms with Crippen LogP contribution in [0.15, 0.2) is 53.4 Å². The quantitative estimate of drug-likeness (QED) is 0.762. The number of anilines is 1. The van der Waals surface area contributed by atoms with Gasteiger partial charge in [0.25, 0.3) is 5.91 Å². The Balaban J connectivity index is 1.77. The number of nitrogens with one attached hydrogen (secondary N) is 1. The number of carbonyl (C=O) groups is 1. The lowest BCUT2D eigenvalue weighted by Crippen LogP contribution is -2.16. The summed E-state index contributed by atoms with van der Waals surface area (Å²) < 4.78 is 2.31. The van der Waals surface area contributed by atoms with Gasteiger partial charge in [0.2, 0.25) is 0 Å². The molecule has 23 heavy (non-hydrogen) atoms. The van der Waals surface area contributed by atoms with Gasteiger partial charge in [-0.2, -0.15) is 0 Å². The molecule has 6 heteroatoms. The lowest BCUT2D eigenvalue weighted by Gasteiger charge is -2.07. The standard InChI is InChI=1S/C17H15BrN4O/c1-11-9-13(7-8-19-11)12-3-5-14(6-4-12)20-17(23)16-21-15(18)10-22(16)2/h3-10H,1-2H3,(H,20,23). The van der Waals surface area contributed by atoms with Crippen LogP contribution >= 0.6 is 15.9 Å². The van der Waals surface area contributed by atoms with Crippen LogP contribution in [-0.4, -0.2) is 20.4 Å². The van der Waals surface area contributed by atoms with Crippen LogP contribution in [0.3, 0.4) is 0 Å². The molecule has 2 aromatic heterocycles. The van der Waals surface area contributed by atoms with E-state index >= 15 is 0 Å². The molecular weight excluding hydrogens is 356 g/mol. The van der Waals surface area contributed by atoms with Crippen molar-refractivity contribution in [1.29, 1.82) is 0 Å². The van der Waals surface area contributed by atoms with E-state index in [1.807, 2.05) is 43.3 Å². The van der Waals surface area contributed by atoms with Crippen molar-refractivity contribution >= 4 is 27.5 Å². The Bertz CT molecular complexity index is 855. The molecule has 116 valence electrons. The van der Waals surface area contributed by atoms with Crippen molar-refractivity contribution in [3.05, 3.63) is 64.9 Å². The summed E-state index contributed by atoms with van der Waals surface area (Å²) in [4.78, 5) is 20.6. The summed E-state index contributed by atoms with van der Waals surface area (Å²) in [5.41, 5.74) is 3.88. The Morgan fingerprint density at radius 2 is 1.91 bits per heavy atom. The SMILES string of the molecule is Cc1cc(-c2ccc(NC(=O)c3nc(Br)cn3C)cc2)ccn1. The summed E-state index contributed by atoms with van der Waals surface area (Å²) in [5.74, 6) is 0.108. The molecular formula is C17H15BrN4O. The second-order valence-electron chi connectivity index (χ2n) is 5.22. The fraction of sp³-hybridized carbons (Fsp3) is 0.118. The molecule has 1 N–H and O–H groups in total. The van der Waals surface area contributed by atoms with Gasteiger partial charge < -0.3 is 9.88 Å². The van der Waals surface area contributed by atoms with Gasteiger partial charge in [-0.15, -0.1) is 0 Å². The van der Waals surface area contributed by atoms with Gasteiger partial charge in [-0.1, -0.05) is 12.1 Å². The maximum Gasteiger partial charge on any atom is 0.291 e. The molecule has 5 nitrogen and oxygen atoms in total. The average Bonchev–Trinajstić information content (AvgIpc) is 2.87. The first-order valence-corrected chi connectivity index (χ1v) is 7.85.